The smallest absolute Gasteiger partial charge is 0.338 e. The quantitative estimate of drug-likeness (QED) is 0.446. The summed E-state index contributed by atoms with van der Waals surface area (Å²) in [5.41, 5.74) is 0.136. The van der Waals surface area contributed by atoms with Gasteiger partial charge >= 0.3 is 11.7 Å². The summed E-state index contributed by atoms with van der Waals surface area (Å²) < 4.78 is 10.5. The monoisotopic (exact) mass is 408 g/mol. The number of nitro groups is 1. The van der Waals surface area contributed by atoms with Gasteiger partial charge in [-0.3, -0.25) is 14.9 Å². The highest BCUT2D eigenvalue weighted by molar-refractivity contribution is 9.10. The molecule has 2 aromatic carbocycles. The van der Waals surface area contributed by atoms with E-state index in [0.29, 0.717) is 5.69 Å². The zero-order valence-electron chi connectivity index (χ0n) is 13.0. The second-order valence-electron chi connectivity index (χ2n) is 4.78. The summed E-state index contributed by atoms with van der Waals surface area (Å²) in [4.78, 5) is 33.8. The summed E-state index contributed by atoms with van der Waals surface area (Å²) in [6, 6.07) is 10.5. The first-order valence-corrected chi connectivity index (χ1v) is 7.75. The maximum absolute atomic E-state index is 11.9. The summed E-state index contributed by atoms with van der Waals surface area (Å²) in [6.45, 7) is -0.426. The van der Waals surface area contributed by atoms with Gasteiger partial charge in [-0.2, -0.15) is 0 Å². The molecule has 0 saturated heterocycles. The minimum absolute atomic E-state index is 0.0140. The lowest BCUT2D eigenvalue weighted by molar-refractivity contribution is -0.385. The van der Waals surface area contributed by atoms with E-state index >= 15 is 0 Å². The van der Waals surface area contributed by atoms with Crippen molar-refractivity contribution in [2.75, 3.05) is 19.0 Å². The molecule has 0 aliphatic carbocycles. The molecular weight excluding hydrogens is 396 g/mol. The third-order valence-electron chi connectivity index (χ3n) is 3.04. The van der Waals surface area contributed by atoms with Gasteiger partial charge in [0.2, 0.25) is 0 Å². The summed E-state index contributed by atoms with van der Waals surface area (Å²) in [7, 11) is 1.17. The Balaban J connectivity index is 2.07. The number of benzene rings is 2. The Labute approximate surface area is 151 Å². The topological polar surface area (TPSA) is 108 Å². The molecule has 0 saturated carbocycles. The fraction of sp³-hybridized carbons (Fsp3) is 0.125. The van der Waals surface area contributed by atoms with Crippen molar-refractivity contribution in [1.29, 1.82) is 0 Å². The van der Waals surface area contributed by atoms with E-state index in [1.54, 1.807) is 24.3 Å². The van der Waals surface area contributed by atoms with Gasteiger partial charge in [-0.1, -0.05) is 22.0 Å². The molecule has 0 aliphatic rings. The highest BCUT2D eigenvalue weighted by atomic mass is 79.9. The second-order valence-corrected chi connectivity index (χ2v) is 5.69. The molecule has 130 valence electrons. The fourth-order valence-electron chi connectivity index (χ4n) is 1.93. The number of carbonyl (C=O) groups excluding carboxylic acids is 2. The van der Waals surface area contributed by atoms with Gasteiger partial charge in [0.1, 0.15) is 0 Å². The van der Waals surface area contributed by atoms with Gasteiger partial charge in [-0.25, -0.2) is 4.79 Å². The zero-order valence-corrected chi connectivity index (χ0v) is 14.6. The van der Waals surface area contributed by atoms with Crippen LogP contribution in [0.25, 0.3) is 0 Å². The van der Waals surface area contributed by atoms with E-state index in [9.17, 15) is 19.7 Å². The van der Waals surface area contributed by atoms with Gasteiger partial charge in [0.25, 0.3) is 5.91 Å². The number of hydrogen-bond acceptors (Lipinski definition) is 6. The molecule has 9 heteroatoms. The molecule has 0 fully saturated rings. The molecule has 2 aromatic rings. The minimum Gasteiger partial charge on any atom is -0.477 e. The third kappa shape index (κ3) is 5.01. The number of ether oxygens (including phenoxy) is 2. The van der Waals surface area contributed by atoms with Crippen molar-refractivity contribution < 1.29 is 24.0 Å². The van der Waals surface area contributed by atoms with Crippen LogP contribution in [0.5, 0.6) is 5.75 Å². The van der Waals surface area contributed by atoms with Crippen LogP contribution in [0.3, 0.4) is 0 Å². The standard InChI is InChI=1S/C16H13BrN2O6/c1-24-16(21)10-5-6-14(13(7-10)19(22)23)25-9-15(20)18-12-4-2-3-11(17)8-12/h2-8H,9H2,1H3,(H,18,20). The Morgan fingerprint density at radius 2 is 2.00 bits per heavy atom. The number of rotatable bonds is 6. The van der Waals surface area contributed by atoms with Crippen molar-refractivity contribution in [2.24, 2.45) is 0 Å². The van der Waals surface area contributed by atoms with E-state index in [1.807, 2.05) is 0 Å². The van der Waals surface area contributed by atoms with Crippen LogP contribution in [0, 0.1) is 10.1 Å². The minimum atomic E-state index is -0.706. The molecule has 0 spiro atoms. The molecular formula is C16H13BrN2O6. The molecule has 0 atom stereocenters. The molecule has 25 heavy (non-hydrogen) atoms. The van der Waals surface area contributed by atoms with Crippen LogP contribution < -0.4 is 10.1 Å². The van der Waals surface area contributed by atoms with Crippen molar-refractivity contribution in [3.05, 3.63) is 62.6 Å². The predicted molar refractivity (Wildman–Crippen MR) is 92.7 cm³/mol. The van der Waals surface area contributed by atoms with Crippen LogP contribution in [-0.2, 0) is 9.53 Å². The van der Waals surface area contributed by atoms with Gasteiger partial charge < -0.3 is 14.8 Å². The molecule has 1 amide bonds. The largest absolute Gasteiger partial charge is 0.477 e. The van der Waals surface area contributed by atoms with Crippen LogP contribution in [0.4, 0.5) is 11.4 Å². The van der Waals surface area contributed by atoms with Crippen LogP contribution in [-0.4, -0.2) is 30.5 Å². The van der Waals surface area contributed by atoms with E-state index in [0.717, 1.165) is 10.5 Å². The Morgan fingerprint density at radius 1 is 1.24 bits per heavy atom. The summed E-state index contributed by atoms with van der Waals surface area (Å²) >= 11 is 3.28. The van der Waals surface area contributed by atoms with Gasteiger partial charge in [0, 0.05) is 16.2 Å². The molecule has 8 nitrogen and oxygen atoms in total. The number of anilines is 1. The lowest BCUT2D eigenvalue weighted by Crippen LogP contribution is -2.20. The number of amides is 1. The van der Waals surface area contributed by atoms with Crippen molar-refractivity contribution >= 4 is 39.2 Å². The first-order valence-electron chi connectivity index (χ1n) is 6.95. The van der Waals surface area contributed by atoms with Gasteiger partial charge in [-0.05, 0) is 30.3 Å². The van der Waals surface area contributed by atoms with Crippen LogP contribution in [0.2, 0.25) is 0 Å². The highest BCUT2D eigenvalue weighted by Gasteiger charge is 2.20. The molecule has 0 unspecified atom stereocenters. The zero-order chi connectivity index (χ0) is 18.4. The predicted octanol–water partition coefficient (Wildman–Crippen LogP) is 3.16. The fourth-order valence-corrected chi connectivity index (χ4v) is 2.33. The number of halogens is 1. The van der Waals surface area contributed by atoms with Gasteiger partial charge in [0.05, 0.1) is 17.6 Å². The summed E-state index contributed by atoms with van der Waals surface area (Å²) in [6.07, 6.45) is 0. The Kier molecular flexibility index (Phi) is 6.07. The summed E-state index contributed by atoms with van der Waals surface area (Å²) in [5.74, 6) is -1.31. The normalized spacial score (nSPS) is 10.0. The molecule has 0 aromatic heterocycles. The molecule has 2 rings (SSSR count). The van der Waals surface area contributed by atoms with Gasteiger partial charge in [0.15, 0.2) is 12.4 Å². The second kappa shape index (κ2) is 8.25. The summed E-state index contributed by atoms with van der Waals surface area (Å²) in [5, 5.41) is 13.7. The van der Waals surface area contributed by atoms with E-state index in [1.165, 1.54) is 19.2 Å². The SMILES string of the molecule is COC(=O)c1ccc(OCC(=O)Nc2cccc(Br)c2)c([N+](=O)[O-])c1. The Morgan fingerprint density at radius 3 is 2.64 bits per heavy atom. The van der Waals surface area contributed by atoms with Crippen molar-refractivity contribution in [3.8, 4) is 5.75 Å². The number of nitro benzene ring substituents is 1. The van der Waals surface area contributed by atoms with Crippen molar-refractivity contribution in [1.82, 2.24) is 0 Å². The Bertz CT molecular complexity index is 824. The Hall–Kier alpha value is -2.94. The number of carbonyl (C=O) groups is 2. The molecule has 0 aliphatic heterocycles. The number of nitrogens with zero attached hydrogens (tertiary/aromatic N) is 1. The van der Waals surface area contributed by atoms with Crippen LogP contribution >= 0.6 is 15.9 Å². The highest BCUT2D eigenvalue weighted by Crippen LogP contribution is 2.28. The average Bonchev–Trinajstić information content (AvgIpc) is 2.59. The number of esters is 1. The molecule has 0 bridgehead atoms. The first kappa shape index (κ1) is 18.4. The number of hydrogen-bond donors (Lipinski definition) is 1. The number of methoxy groups -OCH3 is 1. The maximum atomic E-state index is 11.9. The van der Waals surface area contributed by atoms with E-state index in [2.05, 4.69) is 26.0 Å². The number of nitrogens with one attached hydrogen (secondary N) is 1. The third-order valence-corrected chi connectivity index (χ3v) is 3.54. The maximum Gasteiger partial charge on any atom is 0.338 e. The van der Waals surface area contributed by atoms with Gasteiger partial charge in [-0.15, -0.1) is 0 Å². The van der Waals surface area contributed by atoms with Crippen LogP contribution in [0.1, 0.15) is 10.4 Å². The van der Waals surface area contributed by atoms with E-state index in [-0.39, 0.29) is 11.3 Å². The van der Waals surface area contributed by atoms with Crippen molar-refractivity contribution in [3.63, 3.8) is 0 Å². The lowest BCUT2D eigenvalue weighted by Gasteiger charge is -2.09. The first-order chi connectivity index (χ1) is 11.9. The van der Waals surface area contributed by atoms with E-state index < -0.39 is 29.1 Å². The lowest BCUT2D eigenvalue weighted by atomic mass is 10.2. The average molecular weight is 409 g/mol. The van der Waals surface area contributed by atoms with Crippen molar-refractivity contribution in [2.45, 2.75) is 0 Å². The molecule has 0 heterocycles. The molecule has 1 N–H and O–H groups in total. The van der Waals surface area contributed by atoms with Crippen LogP contribution in [0.15, 0.2) is 46.9 Å². The molecule has 0 radical (unpaired) electrons. The van der Waals surface area contributed by atoms with E-state index in [4.69, 9.17) is 4.74 Å².